The lowest BCUT2D eigenvalue weighted by Gasteiger charge is -2.27. The first kappa shape index (κ1) is 16.1. The van der Waals surface area contributed by atoms with Gasteiger partial charge in [0.1, 0.15) is 23.4 Å². The molecule has 2 N–H and O–H groups in total. The number of hydrogen-bond donors (Lipinski definition) is 2. The number of hydrogen-bond acceptors (Lipinski definition) is 4. The number of benzene rings is 2. The minimum atomic E-state index is -0.419. The lowest BCUT2D eigenvalue weighted by molar-refractivity contribution is 0.0847. The Balaban J connectivity index is 2.01. The van der Waals surface area contributed by atoms with Crippen molar-refractivity contribution in [1.29, 1.82) is 0 Å². The predicted octanol–water partition coefficient (Wildman–Crippen LogP) is 4.31. The number of carbonyl (C=O) groups is 1. The average molecular weight is 324 g/mol. The maximum atomic E-state index is 12.5. The van der Waals surface area contributed by atoms with Crippen LogP contribution >= 0.6 is 0 Å². The van der Waals surface area contributed by atoms with Crippen molar-refractivity contribution in [3.8, 4) is 17.2 Å². The highest BCUT2D eigenvalue weighted by Crippen LogP contribution is 2.41. The van der Waals surface area contributed by atoms with E-state index in [1.807, 2.05) is 19.9 Å². The number of ketones is 1. The van der Waals surface area contributed by atoms with Crippen LogP contribution in [0.5, 0.6) is 17.2 Å². The first-order chi connectivity index (χ1) is 11.5. The van der Waals surface area contributed by atoms with Crippen molar-refractivity contribution in [2.75, 3.05) is 0 Å². The number of carbonyl (C=O) groups excluding carboxylic acids is 1. The molecule has 4 heteroatoms. The van der Waals surface area contributed by atoms with Gasteiger partial charge in [-0.25, -0.2) is 0 Å². The molecule has 0 amide bonds. The van der Waals surface area contributed by atoms with Gasteiger partial charge in [-0.3, -0.25) is 4.79 Å². The Bertz CT molecular complexity index is 799. The summed E-state index contributed by atoms with van der Waals surface area (Å²) in [7, 11) is 0. The fraction of sp³-hybridized carbons (Fsp3) is 0.250. The third-order valence-electron chi connectivity index (χ3n) is 4.15. The number of Topliss-reactive ketones (excluding diaryl/α,β-unsaturated/α-hetero) is 1. The Labute approximate surface area is 141 Å². The van der Waals surface area contributed by atoms with E-state index in [-0.39, 0.29) is 23.7 Å². The zero-order chi connectivity index (χ0) is 17.3. The van der Waals surface area contributed by atoms with Crippen molar-refractivity contribution in [2.24, 2.45) is 0 Å². The number of phenols is 2. The summed E-state index contributed by atoms with van der Waals surface area (Å²) < 4.78 is 6.08. The van der Waals surface area contributed by atoms with Crippen molar-refractivity contribution in [2.45, 2.75) is 32.8 Å². The molecule has 1 atom stereocenters. The number of fused-ring (bicyclic) bond motifs is 1. The van der Waals surface area contributed by atoms with E-state index in [9.17, 15) is 15.0 Å². The summed E-state index contributed by atoms with van der Waals surface area (Å²) in [5, 5.41) is 19.6. The number of allylic oxidation sites excluding steroid dienone is 2. The second kappa shape index (κ2) is 6.40. The molecule has 124 valence electrons. The largest absolute Gasteiger partial charge is 0.508 e. The van der Waals surface area contributed by atoms with Crippen LogP contribution in [0, 0.1) is 0 Å². The minimum Gasteiger partial charge on any atom is -0.508 e. The molecule has 3 rings (SSSR count). The Morgan fingerprint density at radius 3 is 2.54 bits per heavy atom. The molecule has 2 aromatic carbocycles. The van der Waals surface area contributed by atoms with Crippen LogP contribution < -0.4 is 4.74 Å². The van der Waals surface area contributed by atoms with Crippen molar-refractivity contribution >= 4 is 5.78 Å². The number of aromatic hydroxyl groups is 2. The van der Waals surface area contributed by atoms with Gasteiger partial charge in [-0.15, -0.1) is 0 Å². The van der Waals surface area contributed by atoms with Crippen LogP contribution in [0.25, 0.3) is 0 Å². The van der Waals surface area contributed by atoms with Gasteiger partial charge in [0.15, 0.2) is 5.78 Å². The van der Waals surface area contributed by atoms with E-state index >= 15 is 0 Å². The van der Waals surface area contributed by atoms with Crippen LogP contribution in [0.1, 0.15) is 47.9 Å². The predicted molar refractivity (Wildman–Crippen MR) is 91.7 cm³/mol. The van der Waals surface area contributed by atoms with Crippen molar-refractivity contribution in [3.05, 3.63) is 64.7 Å². The van der Waals surface area contributed by atoms with Crippen LogP contribution in [0.4, 0.5) is 0 Å². The van der Waals surface area contributed by atoms with Crippen LogP contribution in [-0.2, 0) is 6.42 Å². The molecule has 24 heavy (non-hydrogen) atoms. The SMILES string of the molecule is CC(C)=CCc1c(O)ccc2c1O[C@H](c1ccc(O)cc1)CC2=O. The van der Waals surface area contributed by atoms with Crippen molar-refractivity contribution in [1.82, 2.24) is 0 Å². The lowest BCUT2D eigenvalue weighted by atomic mass is 9.93. The van der Waals surface area contributed by atoms with E-state index in [2.05, 4.69) is 0 Å². The molecule has 1 aliphatic heterocycles. The zero-order valence-corrected chi connectivity index (χ0v) is 13.7. The zero-order valence-electron chi connectivity index (χ0n) is 13.7. The van der Waals surface area contributed by atoms with Gasteiger partial charge in [-0.05, 0) is 50.1 Å². The van der Waals surface area contributed by atoms with E-state index in [4.69, 9.17) is 4.74 Å². The average Bonchev–Trinajstić information content (AvgIpc) is 2.54. The van der Waals surface area contributed by atoms with Gasteiger partial charge in [0.25, 0.3) is 0 Å². The van der Waals surface area contributed by atoms with Gasteiger partial charge in [0, 0.05) is 5.56 Å². The minimum absolute atomic E-state index is 0.00669. The molecular weight excluding hydrogens is 304 g/mol. The molecular formula is C20H20O4. The van der Waals surface area contributed by atoms with Crippen molar-refractivity contribution in [3.63, 3.8) is 0 Å². The number of ether oxygens (including phenoxy) is 1. The van der Waals surface area contributed by atoms with Gasteiger partial charge in [-0.1, -0.05) is 23.8 Å². The Hall–Kier alpha value is -2.75. The second-order valence-corrected chi connectivity index (χ2v) is 6.25. The van der Waals surface area contributed by atoms with Crippen LogP contribution in [0.3, 0.4) is 0 Å². The molecule has 0 saturated carbocycles. The van der Waals surface area contributed by atoms with E-state index < -0.39 is 6.10 Å². The molecule has 4 nitrogen and oxygen atoms in total. The summed E-state index contributed by atoms with van der Waals surface area (Å²) in [4.78, 5) is 12.5. The molecule has 0 spiro atoms. The first-order valence-electron chi connectivity index (χ1n) is 7.92. The monoisotopic (exact) mass is 324 g/mol. The van der Waals surface area contributed by atoms with E-state index in [0.29, 0.717) is 23.3 Å². The summed E-state index contributed by atoms with van der Waals surface area (Å²) in [6, 6.07) is 9.81. The highest BCUT2D eigenvalue weighted by atomic mass is 16.5. The van der Waals surface area contributed by atoms with Crippen LogP contribution in [0.2, 0.25) is 0 Å². The normalized spacial score (nSPS) is 16.2. The molecule has 1 aliphatic rings. The topological polar surface area (TPSA) is 66.8 Å². The lowest BCUT2D eigenvalue weighted by Crippen LogP contribution is -2.21. The first-order valence-corrected chi connectivity index (χ1v) is 7.92. The van der Waals surface area contributed by atoms with E-state index in [1.165, 1.54) is 0 Å². The highest BCUT2D eigenvalue weighted by Gasteiger charge is 2.30. The molecule has 1 heterocycles. The second-order valence-electron chi connectivity index (χ2n) is 6.25. The van der Waals surface area contributed by atoms with Gasteiger partial charge >= 0.3 is 0 Å². The number of phenolic OH excluding ortho intramolecular Hbond substituents is 2. The standard InChI is InChI=1S/C20H20O4/c1-12(2)3-8-15-17(22)10-9-16-18(23)11-19(24-20(15)16)13-4-6-14(21)7-5-13/h3-7,9-10,19,21-22H,8,11H2,1-2H3/t19-/m0/s1. The molecule has 0 bridgehead atoms. The molecule has 0 unspecified atom stereocenters. The maximum absolute atomic E-state index is 12.5. The third-order valence-corrected chi connectivity index (χ3v) is 4.15. The molecule has 0 aromatic heterocycles. The Morgan fingerprint density at radius 1 is 1.17 bits per heavy atom. The molecule has 0 saturated heterocycles. The fourth-order valence-electron chi connectivity index (χ4n) is 2.81. The molecule has 2 aromatic rings. The smallest absolute Gasteiger partial charge is 0.170 e. The molecule has 0 fully saturated rings. The maximum Gasteiger partial charge on any atom is 0.170 e. The summed E-state index contributed by atoms with van der Waals surface area (Å²) in [5.41, 5.74) is 3.10. The van der Waals surface area contributed by atoms with Crippen LogP contribution in [0.15, 0.2) is 48.0 Å². The summed E-state index contributed by atoms with van der Waals surface area (Å²) in [6.07, 6.45) is 2.32. The fourth-order valence-corrected chi connectivity index (χ4v) is 2.81. The summed E-state index contributed by atoms with van der Waals surface area (Å²) in [6.45, 7) is 3.97. The summed E-state index contributed by atoms with van der Waals surface area (Å²) >= 11 is 0. The summed E-state index contributed by atoms with van der Waals surface area (Å²) in [5.74, 6) is 0.753. The number of rotatable bonds is 3. The van der Waals surface area contributed by atoms with Gasteiger partial charge in [0.2, 0.25) is 0 Å². The van der Waals surface area contributed by atoms with Gasteiger partial charge in [0.05, 0.1) is 12.0 Å². The Morgan fingerprint density at radius 2 is 1.88 bits per heavy atom. The van der Waals surface area contributed by atoms with Gasteiger partial charge < -0.3 is 14.9 Å². The Kier molecular flexibility index (Phi) is 4.30. The van der Waals surface area contributed by atoms with Gasteiger partial charge in [-0.2, -0.15) is 0 Å². The van der Waals surface area contributed by atoms with E-state index in [1.54, 1.807) is 36.4 Å². The molecule has 0 aliphatic carbocycles. The van der Waals surface area contributed by atoms with Crippen molar-refractivity contribution < 1.29 is 19.7 Å². The quantitative estimate of drug-likeness (QED) is 0.826. The highest BCUT2D eigenvalue weighted by molar-refractivity contribution is 6.00. The van der Waals surface area contributed by atoms with E-state index in [0.717, 1.165) is 11.1 Å². The third kappa shape index (κ3) is 3.13. The molecule has 0 radical (unpaired) electrons. The van der Waals surface area contributed by atoms with Crippen LogP contribution in [-0.4, -0.2) is 16.0 Å².